The maximum atomic E-state index is 12.2. The van der Waals surface area contributed by atoms with Gasteiger partial charge in [-0.1, -0.05) is 36.4 Å². The molecule has 6 nitrogen and oxygen atoms in total. The predicted octanol–water partition coefficient (Wildman–Crippen LogP) is 4.51. The molecule has 0 saturated heterocycles. The topological polar surface area (TPSA) is 87.3 Å². The van der Waals surface area contributed by atoms with Crippen LogP contribution in [0.15, 0.2) is 73.1 Å². The summed E-state index contributed by atoms with van der Waals surface area (Å²) in [5.74, 6) is 0.385. The molecule has 0 amide bonds. The SMILES string of the molecule is COC(=O)c1cc(-c2ccc(-c3ccc(OCCN)cc3)cc2)nc2ccncc12.Cl. The standard InChI is InChI=1S/C24H21N3O3.ClH/c1-29-24(28)20-14-23(27-22-10-12-26-15-21(20)22)18-4-2-16(3-5-18)17-6-8-19(9-7-17)30-13-11-25;/h2-10,12,14-15H,11,13,25H2,1H3;1H. The lowest BCUT2D eigenvalue weighted by Crippen LogP contribution is -2.10. The molecule has 0 unspecified atom stereocenters. The van der Waals surface area contributed by atoms with E-state index in [1.807, 2.05) is 48.5 Å². The van der Waals surface area contributed by atoms with Crippen LogP contribution in [0.1, 0.15) is 10.4 Å². The van der Waals surface area contributed by atoms with E-state index >= 15 is 0 Å². The minimum Gasteiger partial charge on any atom is -0.492 e. The molecule has 0 aliphatic rings. The number of fused-ring (bicyclic) bond motifs is 1. The molecule has 2 heterocycles. The Kier molecular flexibility index (Phi) is 7.18. The second-order valence-corrected chi connectivity index (χ2v) is 6.68. The van der Waals surface area contributed by atoms with Gasteiger partial charge in [0.05, 0.1) is 23.9 Å². The van der Waals surface area contributed by atoms with Crippen molar-refractivity contribution in [1.82, 2.24) is 9.97 Å². The minimum absolute atomic E-state index is 0. The number of nitrogens with zero attached hydrogens (tertiary/aromatic N) is 2. The van der Waals surface area contributed by atoms with Crippen molar-refractivity contribution in [3.8, 4) is 28.1 Å². The fourth-order valence-electron chi connectivity index (χ4n) is 3.25. The van der Waals surface area contributed by atoms with Crippen LogP contribution in [0.25, 0.3) is 33.3 Å². The van der Waals surface area contributed by atoms with Crippen molar-refractivity contribution in [2.75, 3.05) is 20.3 Å². The number of methoxy groups -OCH3 is 1. The largest absolute Gasteiger partial charge is 0.492 e. The van der Waals surface area contributed by atoms with Crippen molar-refractivity contribution in [3.63, 3.8) is 0 Å². The zero-order valence-electron chi connectivity index (χ0n) is 16.9. The van der Waals surface area contributed by atoms with Gasteiger partial charge in [-0.05, 0) is 35.4 Å². The average Bonchev–Trinajstić information content (AvgIpc) is 2.82. The normalized spacial score (nSPS) is 10.4. The van der Waals surface area contributed by atoms with Crippen LogP contribution < -0.4 is 10.5 Å². The van der Waals surface area contributed by atoms with Crippen molar-refractivity contribution >= 4 is 29.3 Å². The molecule has 0 saturated carbocycles. The Hall–Kier alpha value is -3.48. The third kappa shape index (κ3) is 4.82. The Morgan fingerprint density at radius 2 is 1.61 bits per heavy atom. The zero-order valence-corrected chi connectivity index (χ0v) is 17.8. The lowest BCUT2D eigenvalue weighted by atomic mass is 10.0. The minimum atomic E-state index is -0.412. The highest BCUT2D eigenvalue weighted by Crippen LogP contribution is 2.28. The molecule has 4 aromatic rings. The Morgan fingerprint density at radius 3 is 2.26 bits per heavy atom. The van der Waals surface area contributed by atoms with Crippen LogP contribution in [-0.4, -0.2) is 36.2 Å². The lowest BCUT2D eigenvalue weighted by molar-refractivity contribution is 0.0603. The van der Waals surface area contributed by atoms with E-state index in [-0.39, 0.29) is 12.4 Å². The summed E-state index contributed by atoms with van der Waals surface area (Å²) >= 11 is 0. The van der Waals surface area contributed by atoms with Crippen LogP contribution in [0.5, 0.6) is 5.75 Å². The van der Waals surface area contributed by atoms with Gasteiger partial charge in [0, 0.05) is 29.9 Å². The summed E-state index contributed by atoms with van der Waals surface area (Å²) in [6, 6.07) is 19.5. The highest BCUT2D eigenvalue weighted by atomic mass is 35.5. The molecule has 7 heteroatoms. The van der Waals surface area contributed by atoms with Gasteiger partial charge < -0.3 is 15.2 Å². The van der Waals surface area contributed by atoms with E-state index < -0.39 is 5.97 Å². The number of aromatic nitrogens is 2. The van der Waals surface area contributed by atoms with Gasteiger partial charge >= 0.3 is 5.97 Å². The van der Waals surface area contributed by atoms with Crippen molar-refractivity contribution < 1.29 is 14.3 Å². The first-order chi connectivity index (χ1) is 14.7. The number of hydrogen-bond acceptors (Lipinski definition) is 6. The smallest absolute Gasteiger partial charge is 0.338 e. The van der Waals surface area contributed by atoms with Crippen LogP contribution >= 0.6 is 12.4 Å². The van der Waals surface area contributed by atoms with Gasteiger partial charge in [-0.3, -0.25) is 4.98 Å². The third-order valence-corrected chi connectivity index (χ3v) is 4.77. The summed E-state index contributed by atoms with van der Waals surface area (Å²) in [6.45, 7) is 0.983. The van der Waals surface area contributed by atoms with E-state index in [1.54, 1.807) is 24.5 Å². The van der Waals surface area contributed by atoms with Gasteiger partial charge in [0.15, 0.2) is 0 Å². The first-order valence-corrected chi connectivity index (χ1v) is 9.56. The molecule has 0 atom stereocenters. The predicted molar refractivity (Wildman–Crippen MR) is 124 cm³/mol. The number of ether oxygens (including phenoxy) is 2. The first kappa shape index (κ1) is 22.2. The number of esters is 1. The fraction of sp³-hybridized carbons (Fsp3) is 0.125. The fourth-order valence-corrected chi connectivity index (χ4v) is 3.25. The second-order valence-electron chi connectivity index (χ2n) is 6.68. The Balaban J connectivity index is 0.00000272. The van der Waals surface area contributed by atoms with Crippen molar-refractivity contribution in [1.29, 1.82) is 0 Å². The van der Waals surface area contributed by atoms with Crippen molar-refractivity contribution in [2.24, 2.45) is 5.73 Å². The molecule has 2 aromatic carbocycles. The lowest BCUT2D eigenvalue weighted by Gasteiger charge is -2.09. The number of nitrogens with two attached hydrogens (primary N) is 1. The van der Waals surface area contributed by atoms with Gasteiger partial charge in [0.25, 0.3) is 0 Å². The number of pyridine rings is 2. The molecule has 0 aliphatic heterocycles. The highest BCUT2D eigenvalue weighted by molar-refractivity contribution is 6.04. The molecule has 0 fully saturated rings. The maximum Gasteiger partial charge on any atom is 0.338 e. The molecule has 4 rings (SSSR count). The molecule has 0 bridgehead atoms. The van der Waals surface area contributed by atoms with E-state index in [0.717, 1.165) is 22.4 Å². The summed E-state index contributed by atoms with van der Waals surface area (Å²) < 4.78 is 10.5. The molecule has 0 aliphatic carbocycles. The molecule has 0 spiro atoms. The van der Waals surface area contributed by atoms with Gasteiger partial charge in [-0.15, -0.1) is 12.4 Å². The summed E-state index contributed by atoms with van der Waals surface area (Å²) in [7, 11) is 1.37. The van der Waals surface area contributed by atoms with Crippen molar-refractivity contribution in [3.05, 3.63) is 78.6 Å². The summed E-state index contributed by atoms with van der Waals surface area (Å²) in [6.07, 6.45) is 3.28. The average molecular weight is 436 g/mol. The second kappa shape index (κ2) is 10.0. The quantitative estimate of drug-likeness (QED) is 0.448. The zero-order chi connectivity index (χ0) is 20.9. The number of rotatable bonds is 6. The number of carbonyl (C=O) groups is 1. The summed E-state index contributed by atoms with van der Waals surface area (Å²) in [5, 5.41) is 0.668. The molecule has 0 radical (unpaired) electrons. The first-order valence-electron chi connectivity index (χ1n) is 9.56. The molecule has 31 heavy (non-hydrogen) atoms. The van der Waals surface area contributed by atoms with Crippen LogP contribution in [0.4, 0.5) is 0 Å². The highest BCUT2D eigenvalue weighted by Gasteiger charge is 2.14. The molecule has 2 N–H and O–H groups in total. The number of carbonyl (C=O) groups excluding carboxylic acids is 1. The molecular formula is C24H22ClN3O3. The van der Waals surface area contributed by atoms with E-state index in [4.69, 9.17) is 20.2 Å². The van der Waals surface area contributed by atoms with Crippen LogP contribution in [-0.2, 0) is 4.74 Å². The van der Waals surface area contributed by atoms with E-state index in [2.05, 4.69) is 4.98 Å². The molecular weight excluding hydrogens is 414 g/mol. The Morgan fingerprint density at radius 1 is 0.968 bits per heavy atom. The number of hydrogen-bond donors (Lipinski definition) is 1. The molecule has 158 valence electrons. The van der Waals surface area contributed by atoms with Crippen LogP contribution in [0.3, 0.4) is 0 Å². The Labute approximate surface area is 186 Å². The van der Waals surface area contributed by atoms with Gasteiger partial charge in [0.1, 0.15) is 12.4 Å². The van der Waals surface area contributed by atoms with Crippen LogP contribution in [0, 0.1) is 0 Å². The van der Waals surface area contributed by atoms with Crippen molar-refractivity contribution in [2.45, 2.75) is 0 Å². The van der Waals surface area contributed by atoms with Gasteiger partial charge in [0.2, 0.25) is 0 Å². The maximum absolute atomic E-state index is 12.2. The summed E-state index contributed by atoms with van der Waals surface area (Å²) in [4.78, 5) is 21.0. The van der Waals surface area contributed by atoms with Crippen LogP contribution in [0.2, 0.25) is 0 Å². The van der Waals surface area contributed by atoms with E-state index in [1.165, 1.54) is 7.11 Å². The third-order valence-electron chi connectivity index (χ3n) is 4.77. The summed E-state index contributed by atoms with van der Waals surface area (Å²) in [5.41, 5.74) is 10.4. The van der Waals surface area contributed by atoms with Gasteiger partial charge in [-0.2, -0.15) is 0 Å². The van der Waals surface area contributed by atoms with Gasteiger partial charge in [-0.25, -0.2) is 9.78 Å². The number of benzene rings is 2. The van der Waals surface area contributed by atoms with E-state index in [0.29, 0.717) is 35.3 Å². The van der Waals surface area contributed by atoms with E-state index in [9.17, 15) is 4.79 Å². The number of halogens is 1. The molecule has 2 aromatic heterocycles. The monoisotopic (exact) mass is 435 g/mol. The Bertz CT molecular complexity index is 1180.